The molecular formula is C11H20O2. The highest BCUT2D eigenvalue weighted by atomic mass is 16.2. The van der Waals surface area contributed by atoms with Crippen molar-refractivity contribution < 1.29 is 9.90 Å². The average molecular weight is 184 g/mol. The molecule has 2 heteroatoms. The largest absolute Gasteiger partial charge is 0.396 e. The molecule has 0 aliphatic rings. The van der Waals surface area contributed by atoms with Gasteiger partial charge in [0.1, 0.15) is 5.78 Å². The maximum absolute atomic E-state index is 10.7. The van der Waals surface area contributed by atoms with Crippen LogP contribution in [-0.2, 0) is 4.79 Å². The minimum absolute atomic E-state index is 0.253. The lowest BCUT2D eigenvalue weighted by molar-refractivity contribution is -0.116. The number of rotatable bonds is 7. The van der Waals surface area contributed by atoms with Crippen molar-refractivity contribution in [1.29, 1.82) is 0 Å². The van der Waals surface area contributed by atoms with Gasteiger partial charge in [0, 0.05) is 13.0 Å². The van der Waals surface area contributed by atoms with E-state index in [-0.39, 0.29) is 12.4 Å². The molecule has 0 aliphatic carbocycles. The predicted octanol–water partition coefficient (Wildman–Crippen LogP) is 2.46. The molecule has 0 saturated carbocycles. The highest BCUT2D eigenvalue weighted by Gasteiger charge is 1.94. The quantitative estimate of drug-likeness (QED) is 0.487. The zero-order valence-corrected chi connectivity index (χ0v) is 8.68. The van der Waals surface area contributed by atoms with E-state index in [1.165, 1.54) is 5.57 Å². The number of hydrogen-bond donors (Lipinski definition) is 1. The molecule has 0 spiro atoms. The van der Waals surface area contributed by atoms with Gasteiger partial charge in [-0.05, 0) is 39.5 Å². The lowest BCUT2D eigenvalue weighted by Gasteiger charge is -1.98. The van der Waals surface area contributed by atoms with Gasteiger partial charge in [-0.1, -0.05) is 11.6 Å². The van der Waals surface area contributed by atoms with Crippen LogP contribution in [0.3, 0.4) is 0 Å². The van der Waals surface area contributed by atoms with E-state index in [0.717, 1.165) is 25.7 Å². The average Bonchev–Trinajstić information content (AvgIpc) is 2.09. The summed E-state index contributed by atoms with van der Waals surface area (Å²) in [6.45, 7) is 3.96. The third kappa shape index (κ3) is 9.28. The first kappa shape index (κ1) is 12.4. The Kier molecular flexibility index (Phi) is 7.60. The van der Waals surface area contributed by atoms with Crippen molar-refractivity contribution in [3.05, 3.63) is 11.6 Å². The molecule has 76 valence electrons. The molecule has 0 heterocycles. The van der Waals surface area contributed by atoms with Crippen molar-refractivity contribution in [2.24, 2.45) is 0 Å². The summed E-state index contributed by atoms with van der Waals surface area (Å²) in [7, 11) is 0. The first-order valence-electron chi connectivity index (χ1n) is 4.92. The monoisotopic (exact) mass is 184 g/mol. The van der Waals surface area contributed by atoms with Crippen molar-refractivity contribution >= 4 is 5.78 Å². The molecule has 13 heavy (non-hydrogen) atoms. The summed E-state index contributed by atoms with van der Waals surface area (Å²) in [6.07, 6.45) is 6.63. The van der Waals surface area contributed by atoms with E-state index in [4.69, 9.17) is 5.11 Å². The van der Waals surface area contributed by atoms with E-state index in [2.05, 4.69) is 13.0 Å². The summed E-state index contributed by atoms with van der Waals surface area (Å²) in [5.74, 6) is 0.253. The molecule has 0 unspecified atom stereocenters. The fraction of sp³-hybridized carbons (Fsp3) is 0.727. The minimum atomic E-state index is 0.253. The van der Waals surface area contributed by atoms with E-state index in [1.54, 1.807) is 6.92 Å². The number of Topliss-reactive ketones (excluding diaryl/α,β-unsaturated/α-hetero) is 1. The number of unbranched alkanes of at least 4 members (excludes halogenated alkanes) is 2. The number of aliphatic hydroxyl groups is 1. The highest BCUT2D eigenvalue weighted by molar-refractivity contribution is 5.75. The van der Waals surface area contributed by atoms with Crippen molar-refractivity contribution in [3.63, 3.8) is 0 Å². The molecule has 0 radical (unpaired) electrons. The lowest BCUT2D eigenvalue weighted by Crippen LogP contribution is -1.90. The van der Waals surface area contributed by atoms with Crippen LogP contribution in [-0.4, -0.2) is 17.5 Å². The molecule has 0 amide bonds. The van der Waals surface area contributed by atoms with Gasteiger partial charge in [0.25, 0.3) is 0 Å². The van der Waals surface area contributed by atoms with Crippen molar-refractivity contribution in [2.75, 3.05) is 6.61 Å². The SMILES string of the molecule is CC(=O)CC/C(C)=C/CCCCO. The van der Waals surface area contributed by atoms with Gasteiger partial charge >= 0.3 is 0 Å². The molecule has 0 saturated heterocycles. The Bertz CT molecular complexity index is 171. The number of carbonyl (C=O) groups excluding carboxylic acids is 1. The second-order valence-corrected chi connectivity index (χ2v) is 3.47. The Morgan fingerprint density at radius 1 is 1.23 bits per heavy atom. The summed E-state index contributed by atoms with van der Waals surface area (Å²) >= 11 is 0. The number of hydrogen-bond acceptors (Lipinski definition) is 2. The maximum Gasteiger partial charge on any atom is 0.130 e. The highest BCUT2D eigenvalue weighted by Crippen LogP contribution is 2.07. The summed E-state index contributed by atoms with van der Waals surface area (Å²) < 4.78 is 0. The predicted molar refractivity (Wildman–Crippen MR) is 54.6 cm³/mol. The molecular weight excluding hydrogens is 164 g/mol. The second-order valence-electron chi connectivity index (χ2n) is 3.47. The third-order valence-electron chi connectivity index (χ3n) is 1.98. The van der Waals surface area contributed by atoms with Gasteiger partial charge in [-0.3, -0.25) is 0 Å². The molecule has 0 aromatic carbocycles. The van der Waals surface area contributed by atoms with Gasteiger partial charge in [0.15, 0.2) is 0 Å². The summed E-state index contributed by atoms with van der Waals surface area (Å²) in [6, 6.07) is 0. The van der Waals surface area contributed by atoms with Crippen LogP contribution in [0.1, 0.15) is 46.0 Å². The van der Waals surface area contributed by atoms with Crippen LogP contribution >= 0.6 is 0 Å². The molecule has 0 bridgehead atoms. The van der Waals surface area contributed by atoms with Gasteiger partial charge in [-0.25, -0.2) is 0 Å². The van der Waals surface area contributed by atoms with Gasteiger partial charge in [-0.15, -0.1) is 0 Å². The van der Waals surface area contributed by atoms with Crippen molar-refractivity contribution in [3.8, 4) is 0 Å². The van der Waals surface area contributed by atoms with E-state index in [0.29, 0.717) is 6.42 Å². The van der Waals surface area contributed by atoms with Crippen molar-refractivity contribution in [1.82, 2.24) is 0 Å². The van der Waals surface area contributed by atoms with Crippen LogP contribution < -0.4 is 0 Å². The molecule has 0 aliphatic heterocycles. The van der Waals surface area contributed by atoms with Crippen LogP contribution in [0.4, 0.5) is 0 Å². The molecule has 0 aromatic heterocycles. The standard InChI is InChI=1S/C11H20O2/c1-10(7-8-11(2)13)6-4-3-5-9-12/h6,12H,3-5,7-9H2,1-2H3/b10-6+. The molecule has 0 rings (SSSR count). The van der Waals surface area contributed by atoms with Crippen LogP contribution in [0, 0.1) is 0 Å². The summed E-state index contributed by atoms with van der Waals surface area (Å²) in [4.78, 5) is 10.7. The molecule has 0 fully saturated rings. The summed E-state index contributed by atoms with van der Waals surface area (Å²) in [5.41, 5.74) is 1.29. The van der Waals surface area contributed by atoms with E-state index in [9.17, 15) is 4.79 Å². The van der Waals surface area contributed by atoms with Gasteiger partial charge < -0.3 is 9.90 Å². The lowest BCUT2D eigenvalue weighted by atomic mass is 10.1. The second kappa shape index (κ2) is 7.99. The molecule has 1 N–H and O–H groups in total. The number of allylic oxidation sites excluding steroid dienone is 2. The Hall–Kier alpha value is -0.630. The number of aliphatic hydroxyl groups excluding tert-OH is 1. The number of ketones is 1. The maximum atomic E-state index is 10.7. The summed E-state index contributed by atoms with van der Waals surface area (Å²) in [5, 5.41) is 8.54. The van der Waals surface area contributed by atoms with E-state index < -0.39 is 0 Å². The van der Waals surface area contributed by atoms with Crippen LogP contribution in [0.5, 0.6) is 0 Å². The van der Waals surface area contributed by atoms with Gasteiger partial charge in [-0.2, -0.15) is 0 Å². The molecule has 0 aromatic rings. The van der Waals surface area contributed by atoms with E-state index >= 15 is 0 Å². The molecule has 2 nitrogen and oxygen atoms in total. The topological polar surface area (TPSA) is 37.3 Å². The first-order chi connectivity index (χ1) is 6.16. The minimum Gasteiger partial charge on any atom is -0.396 e. The zero-order valence-electron chi connectivity index (χ0n) is 8.68. The Morgan fingerprint density at radius 3 is 2.46 bits per heavy atom. The number of carbonyl (C=O) groups is 1. The third-order valence-corrected chi connectivity index (χ3v) is 1.98. The zero-order chi connectivity index (χ0) is 10.1. The van der Waals surface area contributed by atoms with Crippen LogP contribution in [0.15, 0.2) is 11.6 Å². The Balaban J connectivity index is 3.45. The van der Waals surface area contributed by atoms with E-state index in [1.807, 2.05) is 0 Å². The smallest absolute Gasteiger partial charge is 0.130 e. The Morgan fingerprint density at radius 2 is 1.92 bits per heavy atom. The van der Waals surface area contributed by atoms with Crippen LogP contribution in [0.2, 0.25) is 0 Å². The van der Waals surface area contributed by atoms with Gasteiger partial charge in [0.2, 0.25) is 0 Å². The fourth-order valence-corrected chi connectivity index (χ4v) is 1.08. The molecule has 0 atom stereocenters. The van der Waals surface area contributed by atoms with Gasteiger partial charge in [0.05, 0.1) is 0 Å². The normalized spacial score (nSPS) is 11.8. The first-order valence-corrected chi connectivity index (χ1v) is 4.92. The van der Waals surface area contributed by atoms with Crippen LogP contribution in [0.25, 0.3) is 0 Å². The fourth-order valence-electron chi connectivity index (χ4n) is 1.08. The van der Waals surface area contributed by atoms with Crippen molar-refractivity contribution in [2.45, 2.75) is 46.0 Å². The Labute approximate surface area is 80.7 Å².